The van der Waals surface area contributed by atoms with Gasteiger partial charge >= 0.3 is 0 Å². The third-order valence-electron chi connectivity index (χ3n) is 3.33. The standard InChI is InChI=1S/C11H15NO2S/c1-2-11(7-8-11)9-3-5-10(6-4-9)15(12,13)14/h3-6H,2,7-8H2,1H3,(H2,12,13,14). The summed E-state index contributed by atoms with van der Waals surface area (Å²) in [4.78, 5) is 0.193. The van der Waals surface area contributed by atoms with Crippen LogP contribution in [0.15, 0.2) is 29.2 Å². The highest BCUT2D eigenvalue weighted by molar-refractivity contribution is 7.89. The van der Waals surface area contributed by atoms with E-state index < -0.39 is 10.0 Å². The van der Waals surface area contributed by atoms with Crippen molar-refractivity contribution in [3.63, 3.8) is 0 Å². The lowest BCUT2D eigenvalue weighted by molar-refractivity contribution is 0.597. The Labute approximate surface area is 90.4 Å². The van der Waals surface area contributed by atoms with Gasteiger partial charge in [-0.3, -0.25) is 0 Å². The van der Waals surface area contributed by atoms with E-state index in [4.69, 9.17) is 5.14 Å². The maximum absolute atomic E-state index is 11.1. The zero-order chi connectivity index (χ0) is 11.1. The van der Waals surface area contributed by atoms with Gasteiger partial charge in [-0.2, -0.15) is 0 Å². The van der Waals surface area contributed by atoms with Gasteiger partial charge in [-0.25, -0.2) is 13.6 Å². The van der Waals surface area contributed by atoms with Crippen LogP contribution in [0, 0.1) is 0 Å². The molecule has 0 radical (unpaired) electrons. The van der Waals surface area contributed by atoms with E-state index in [1.165, 1.54) is 18.4 Å². The first-order valence-electron chi connectivity index (χ1n) is 5.11. The zero-order valence-electron chi connectivity index (χ0n) is 8.73. The van der Waals surface area contributed by atoms with Crippen LogP contribution < -0.4 is 5.14 Å². The third-order valence-corrected chi connectivity index (χ3v) is 4.25. The molecule has 82 valence electrons. The smallest absolute Gasteiger partial charge is 0.225 e. The summed E-state index contributed by atoms with van der Waals surface area (Å²) < 4.78 is 22.1. The van der Waals surface area contributed by atoms with E-state index in [9.17, 15) is 8.42 Å². The van der Waals surface area contributed by atoms with Gasteiger partial charge in [-0.1, -0.05) is 19.1 Å². The molecule has 0 amide bonds. The lowest BCUT2D eigenvalue weighted by atomic mass is 9.93. The molecule has 0 unspecified atom stereocenters. The Morgan fingerprint density at radius 2 is 1.80 bits per heavy atom. The summed E-state index contributed by atoms with van der Waals surface area (Å²) in [5, 5.41) is 5.04. The van der Waals surface area contributed by atoms with Crippen molar-refractivity contribution in [3.05, 3.63) is 29.8 Å². The first-order chi connectivity index (χ1) is 6.98. The van der Waals surface area contributed by atoms with Gasteiger partial charge < -0.3 is 0 Å². The van der Waals surface area contributed by atoms with Gasteiger partial charge in [-0.15, -0.1) is 0 Å². The molecule has 1 aromatic carbocycles. The summed E-state index contributed by atoms with van der Waals surface area (Å²) in [7, 11) is -3.55. The Kier molecular flexibility index (Phi) is 2.35. The van der Waals surface area contributed by atoms with Crippen LogP contribution in [0.4, 0.5) is 0 Å². The topological polar surface area (TPSA) is 60.2 Å². The van der Waals surface area contributed by atoms with Gasteiger partial charge in [0.15, 0.2) is 0 Å². The molecule has 0 aliphatic heterocycles. The molecule has 0 heterocycles. The lowest BCUT2D eigenvalue weighted by Gasteiger charge is -2.12. The van der Waals surface area contributed by atoms with Gasteiger partial charge in [0.2, 0.25) is 10.0 Å². The molecule has 0 aromatic heterocycles. The van der Waals surface area contributed by atoms with Crippen molar-refractivity contribution in [2.45, 2.75) is 36.5 Å². The largest absolute Gasteiger partial charge is 0.238 e. The minimum absolute atomic E-state index is 0.193. The second-order valence-corrected chi connectivity index (χ2v) is 5.76. The van der Waals surface area contributed by atoms with Crippen molar-refractivity contribution in [1.82, 2.24) is 0 Å². The van der Waals surface area contributed by atoms with E-state index in [-0.39, 0.29) is 4.90 Å². The predicted octanol–water partition coefficient (Wildman–Crippen LogP) is 1.78. The van der Waals surface area contributed by atoms with E-state index in [1.54, 1.807) is 12.1 Å². The second kappa shape index (κ2) is 3.32. The summed E-state index contributed by atoms with van der Waals surface area (Å²) in [6.45, 7) is 2.17. The molecule has 0 atom stereocenters. The summed E-state index contributed by atoms with van der Waals surface area (Å²) >= 11 is 0. The Bertz CT molecular complexity index is 458. The molecule has 0 saturated heterocycles. The molecular weight excluding hydrogens is 210 g/mol. The average molecular weight is 225 g/mol. The number of rotatable bonds is 3. The van der Waals surface area contributed by atoms with Gasteiger partial charge in [0.05, 0.1) is 4.90 Å². The molecule has 1 aromatic rings. The van der Waals surface area contributed by atoms with E-state index in [0.717, 1.165) is 6.42 Å². The SMILES string of the molecule is CCC1(c2ccc(S(N)(=O)=O)cc2)CC1. The molecule has 1 aliphatic carbocycles. The lowest BCUT2D eigenvalue weighted by Crippen LogP contribution is -2.12. The van der Waals surface area contributed by atoms with Crippen LogP contribution in [0.5, 0.6) is 0 Å². The summed E-state index contributed by atoms with van der Waals surface area (Å²) in [6, 6.07) is 6.97. The van der Waals surface area contributed by atoms with Crippen LogP contribution >= 0.6 is 0 Å². The van der Waals surface area contributed by atoms with E-state index in [0.29, 0.717) is 5.41 Å². The van der Waals surface area contributed by atoms with Crippen molar-refractivity contribution in [2.24, 2.45) is 5.14 Å². The minimum atomic E-state index is -3.55. The molecule has 3 nitrogen and oxygen atoms in total. The van der Waals surface area contributed by atoms with Crippen LogP contribution in [0.1, 0.15) is 31.7 Å². The maximum atomic E-state index is 11.1. The fraction of sp³-hybridized carbons (Fsp3) is 0.455. The number of sulfonamides is 1. The number of hydrogen-bond acceptors (Lipinski definition) is 2. The van der Waals surface area contributed by atoms with Crippen molar-refractivity contribution < 1.29 is 8.42 Å². The number of primary sulfonamides is 1. The second-order valence-electron chi connectivity index (χ2n) is 4.20. The summed E-state index contributed by atoms with van der Waals surface area (Å²) in [5.41, 5.74) is 1.55. The maximum Gasteiger partial charge on any atom is 0.238 e. The number of nitrogens with two attached hydrogens (primary N) is 1. The fourth-order valence-electron chi connectivity index (χ4n) is 2.00. The summed E-state index contributed by atoms with van der Waals surface area (Å²) in [5.74, 6) is 0. The predicted molar refractivity (Wildman–Crippen MR) is 59.0 cm³/mol. The summed E-state index contributed by atoms with van der Waals surface area (Å²) in [6.07, 6.45) is 3.53. The molecule has 2 N–H and O–H groups in total. The van der Waals surface area contributed by atoms with Gasteiger partial charge in [0.25, 0.3) is 0 Å². The molecular formula is C11H15NO2S. The molecule has 4 heteroatoms. The Morgan fingerprint density at radius 3 is 2.13 bits per heavy atom. The highest BCUT2D eigenvalue weighted by Crippen LogP contribution is 2.50. The van der Waals surface area contributed by atoms with Crippen LogP contribution in [0.25, 0.3) is 0 Å². The fourth-order valence-corrected chi connectivity index (χ4v) is 2.51. The first-order valence-corrected chi connectivity index (χ1v) is 6.66. The van der Waals surface area contributed by atoms with Crippen molar-refractivity contribution in [1.29, 1.82) is 0 Å². The molecule has 15 heavy (non-hydrogen) atoms. The highest BCUT2D eigenvalue weighted by atomic mass is 32.2. The Balaban J connectivity index is 2.33. The molecule has 0 spiro atoms. The van der Waals surface area contributed by atoms with Crippen LogP contribution in [0.2, 0.25) is 0 Å². The minimum Gasteiger partial charge on any atom is -0.225 e. The quantitative estimate of drug-likeness (QED) is 0.852. The molecule has 0 bridgehead atoms. The van der Waals surface area contributed by atoms with Gasteiger partial charge in [0.1, 0.15) is 0 Å². The molecule has 2 rings (SSSR count). The van der Waals surface area contributed by atoms with Crippen LogP contribution in [-0.2, 0) is 15.4 Å². The van der Waals surface area contributed by atoms with Gasteiger partial charge in [-0.05, 0) is 42.4 Å². The van der Waals surface area contributed by atoms with E-state index in [2.05, 4.69) is 6.92 Å². The number of hydrogen-bond donors (Lipinski definition) is 1. The van der Waals surface area contributed by atoms with Crippen molar-refractivity contribution in [2.75, 3.05) is 0 Å². The Morgan fingerprint density at radius 1 is 1.27 bits per heavy atom. The molecule has 1 aliphatic rings. The van der Waals surface area contributed by atoms with E-state index in [1.807, 2.05) is 12.1 Å². The van der Waals surface area contributed by atoms with Crippen LogP contribution in [0.3, 0.4) is 0 Å². The Hall–Kier alpha value is -0.870. The van der Waals surface area contributed by atoms with Crippen LogP contribution in [-0.4, -0.2) is 8.42 Å². The van der Waals surface area contributed by atoms with Gasteiger partial charge in [0, 0.05) is 0 Å². The van der Waals surface area contributed by atoms with E-state index >= 15 is 0 Å². The molecule has 1 saturated carbocycles. The highest BCUT2D eigenvalue weighted by Gasteiger charge is 2.42. The average Bonchev–Trinajstić information content (AvgIpc) is 2.97. The normalized spacial score (nSPS) is 18.8. The first kappa shape index (κ1) is 10.6. The van der Waals surface area contributed by atoms with Crippen molar-refractivity contribution >= 4 is 10.0 Å². The third kappa shape index (κ3) is 1.92. The zero-order valence-corrected chi connectivity index (χ0v) is 9.55. The molecule has 1 fully saturated rings. The van der Waals surface area contributed by atoms with Crippen molar-refractivity contribution in [3.8, 4) is 0 Å². The monoisotopic (exact) mass is 225 g/mol. The number of benzene rings is 1.